The molecule has 1 aliphatic heterocycles. The molecule has 1 aliphatic rings. The van der Waals surface area contributed by atoms with Crippen molar-refractivity contribution in [1.29, 1.82) is 0 Å². The molecule has 1 aromatic heterocycles. The van der Waals surface area contributed by atoms with E-state index in [1.807, 2.05) is 49.5 Å². The molecule has 32 heavy (non-hydrogen) atoms. The van der Waals surface area contributed by atoms with Gasteiger partial charge in [0.05, 0.1) is 5.69 Å². The number of nitrogens with one attached hydrogen (secondary N) is 1. The fourth-order valence-electron chi connectivity index (χ4n) is 3.70. The first-order valence-electron chi connectivity index (χ1n) is 10.6. The van der Waals surface area contributed by atoms with Gasteiger partial charge in [-0.1, -0.05) is 53.7 Å². The summed E-state index contributed by atoms with van der Waals surface area (Å²) in [5, 5.41) is 7.51. The van der Waals surface area contributed by atoms with Crippen LogP contribution in [0.15, 0.2) is 76.4 Å². The number of hydrogen-bond acceptors (Lipinski definition) is 5. The van der Waals surface area contributed by atoms with E-state index < -0.39 is 0 Å². The van der Waals surface area contributed by atoms with Crippen LogP contribution in [-0.2, 0) is 19.7 Å². The molecule has 7 nitrogen and oxygen atoms in total. The standard InChI is InChI=1S/C24H29N5O2.HI/c1-25-24(29-14-12-28(13-15-29)18-22-11-16-31-27-22)26-17-21-9-5-6-10-23(21)30-19-20-7-3-2-4-8-20;/h2-11,16H,12-15,17-19H2,1H3,(H,25,26);1H. The number of rotatable bonds is 7. The van der Waals surface area contributed by atoms with E-state index in [1.54, 1.807) is 6.26 Å². The van der Waals surface area contributed by atoms with Crippen molar-refractivity contribution in [3.8, 4) is 5.75 Å². The summed E-state index contributed by atoms with van der Waals surface area (Å²) in [6.45, 7) is 5.81. The molecule has 0 spiro atoms. The van der Waals surface area contributed by atoms with Crippen LogP contribution in [0, 0.1) is 0 Å². The highest BCUT2D eigenvalue weighted by molar-refractivity contribution is 14.0. The number of halogens is 1. The third kappa shape index (κ3) is 6.70. The first-order valence-corrected chi connectivity index (χ1v) is 10.6. The Morgan fingerprint density at radius 2 is 1.78 bits per heavy atom. The van der Waals surface area contributed by atoms with E-state index in [0.29, 0.717) is 13.2 Å². The van der Waals surface area contributed by atoms with E-state index in [1.165, 1.54) is 0 Å². The molecule has 3 aromatic rings. The average molecular weight is 547 g/mol. The Hall–Kier alpha value is -2.59. The molecule has 1 N–H and O–H groups in total. The summed E-state index contributed by atoms with van der Waals surface area (Å²) in [6.07, 6.45) is 1.62. The van der Waals surface area contributed by atoms with Gasteiger partial charge in [0.2, 0.25) is 0 Å². The van der Waals surface area contributed by atoms with Crippen LogP contribution in [0.3, 0.4) is 0 Å². The van der Waals surface area contributed by atoms with Gasteiger partial charge in [0.1, 0.15) is 18.6 Å². The SMILES string of the molecule is CN=C(NCc1ccccc1OCc1ccccc1)N1CCN(Cc2ccon2)CC1.I. The Balaban J connectivity index is 0.00000289. The third-order valence-electron chi connectivity index (χ3n) is 5.41. The molecule has 170 valence electrons. The molecule has 0 radical (unpaired) electrons. The van der Waals surface area contributed by atoms with Gasteiger partial charge in [-0.2, -0.15) is 0 Å². The second-order valence-corrected chi connectivity index (χ2v) is 7.54. The summed E-state index contributed by atoms with van der Waals surface area (Å²) in [6, 6.07) is 20.3. The summed E-state index contributed by atoms with van der Waals surface area (Å²) < 4.78 is 11.0. The van der Waals surface area contributed by atoms with Crippen LogP contribution >= 0.6 is 24.0 Å². The Bertz CT molecular complexity index is 958. The number of para-hydroxylation sites is 1. The van der Waals surface area contributed by atoms with E-state index in [9.17, 15) is 0 Å². The largest absolute Gasteiger partial charge is 0.489 e. The highest BCUT2D eigenvalue weighted by atomic mass is 127. The minimum absolute atomic E-state index is 0. The van der Waals surface area contributed by atoms with Crippen LogP contribution in [0.1, 0.15) is 16.8 Å². The number of piperazine rings is 1. The molecule has 0 saturated carbocycles. The fourth-order valence-corrected chi connectivity index (χ4v) is 3.70. The predicted molar refractivity (Wildman–Crippen MR) is 136 cm³/mol. The lowest BCUT2D eigenvalue weighted by atomic mass is 10.2. The molecule has 1 fully saturated rings. The van der Waals surface area contributed by atoms with Gasteiger partial charge in [-0.3, -0.25) is 9.89 Å². The number of nitrogens with zero attached hydrogens (tertiary/aromatic N) is 4. The Morgan fingerprint density at radius 1 is 1.03 bits per heavy atom. The highest BCUT2D eigenvalue weighted by Gasteiger charge is 2.20. The zero-order chi connectivity index (χ0) is 21.3. The molecular weight excluding hydrogens is 517 g/mol. The highest BCUT2D eigenvalue weighted by Crippen LogP contribution is 2.19. The molecular formula is C24H30IN5O2. The normalized spacial score (nSPS) is 14.7. The summed E-state index contributed by atoms with van der Waals surface area (Å²) in [7, 11) is 1.84. The summed E-state index contributed by atoms with van der Waals surface area (Å²) in [5.74, 6) is 1.81. The molecule has 0 atom stereocenters. The molecule has 0 aliphatic carbocycles. The van der Waals surface area contributed by atoms with Crippen LogP contribution in [0.2, 0.25) is 0 Å². The van der Waals surface area contributed by atoms with Crippen molar-refractivity contribution < 1.29 is 9.26 Å². The lowest BCUT2D eigenvalue weighted by molar-refractivity contribution is 0.169. The van der Waals surface area contributed by atoms with E-state index in [-0.39, 0.29) is 24.0 Å². The molecule has 0 unspecified atom stereocenters. The number of guanidine groups is 1. The zero-order valence-corrected chi connectivity index (χ0v) is 20.6. The smallest absolute Gasteiger partial charge is 0.194 e. The summed E-state index contributed by atoms with van der Waals surface area (Å²) in [5.41, 5.74) is 3.25. The minimum Gasteiger partial charge on any atom is -0.489 e. The summed E-state index contributed by atoms with van der Waals surface area (Å²) in [4.78, 5) is 9.18. The van der Waals surface area contributed by atoms with Crippen molar-refractivity contribution in [2.24, 2.45) is 4.99 Å². The third-order valence-corrected chi connectivity index (χ3v) is 5.41. The number of hydrogen-bond donors (Lipinski definition) is 1. The zero-order valence-electron chi connectivity index (χ0n) is 18.3. The van der Waals surface area contributed by atoms with Crippen molar-refractivity contribution in [3.05, 3.63) is 83.7 Å². The van der Waals surface area contributed by atoms with Crippen LogP contribution in [0.4, 0.5) is 0 Å². The molecule has 0 amide bonds. The second kappa shape index (κ2) is 12.4. The van der Waals surface area contributed by atoms with Crippen LogP contribution < -0.4 is 10.1 Å². The maximum Gasteiger partial charge on any atom is 0.194 e. The van der Waals surface area contributed by atoms with Crippen molar-refractivity contribution in [2.45, 2.75) is 19.7 Å². The van der Waals surface area contributed by atoms with Crippen molar-refractivity contribution in [2.75, 3.05) is 33.2 Å². The van der Waals surface area contributed by atoms with Crippen molar-refractivity contribution in [1.82, 2.24) is 20.3 Å². The van der Waals surface area contributed by atoms with Crippen LogP contribution in [0.25, 0.3) is 0 Å². The van der Waals surface area contributed by atoms with Crippen molar-refractivity contribution >= 4 is 29.9 Å². The maximum atomic E-state index is 6.08. The second-order valence-electron chi connectivity index (χ2n) is 7.54. The number of benzene rings is 2. The molecule has 2 heterocycles. The first kappa shape index (κ1) is 24.1. The lowest BCUT2D eigenvalue weighted by Crippen LogP contribution is -2.52. The van der Waals surface area contributed by atoms with Gasteiger partial charge < -0.3 is 19.5 Å². The van der Waals surface area contributed by atoms with E-state index >= 15 is 0 Å². The monoisotopic (exact) mass is 547 g/mol. The first-order chi connectivity index (χ1) is 15.3. The summed E-state index contributed by atoms with van der Waals surface area (Å²) >= 11 is 0. The Labute approximate surface area is 206 Å². The van der Waals surface area contributed by atoms with Gasteiger partial charge in [-0.15, -0.1) is 24.0 Å². The molecule has 8 heteroatoms. The molecule has 2 aromatic carbocycles. The quantitative estimate of drug-likeness (QED) is 0.276. The van der Waals surface area contributed by atoms with Crippen LogP contribution in [0.5, 0.6) is 5.75 Å². The lowest BCUT2D eigenvalue weighted by Gasteiger charge is -2.36. The van der Waals surface area contributed by atoms with E-state index in [2.05, 4.69) is 43.5 Å². The number of aromatic nitrogens is 1. The van der Waals surface area contributed by atoms with Gasteiger partial charge in [0.15, 0.2) is 5.96 Å². The Kier molecular flexibility index (Phi) is 9.36. The number of ether oxygens (including phenoxy) is 1. The maximum absolute atomic E-state index is 6.08. The average Bonchev–Trinajstić information content (AvgIpc) is 3.33. The Morgan fingerprint density at radius 3 is 2.50 bits per heavy atom. The topological polar surface area (TPSA) is 66.1 Å². The van der Waals surface area contributed by atoms with Crippen LogP contribution in [-0.4, -0.2) is 54.1 Å². The van der Waals surface area contributed by atoms with Gasteiger partial charge in [0.25, 0.3) is 0 Å². The van der Waals surface area contributed by atoms with E-state index in [0.717, 1.165) is 61.3 Å². The van der Waals surface area contributed by atoms with E-state index in [4.69, 9.17) is 9.26 Å². The predicted octanol–water partition coefficient (Wildman–Crippen LogP) is 3.76. The molecule has 0 bridgehead atoms. The van der Waals surface area contributed by atoms with Crippen molar-refractivity contribution in [3.63, 3.8) is 0 Å². The van der Waals surface area contributed by atoms with Gasteiger partial charge in [-0.25, -0.2) is 0 Å². The fraction of sp³-hybridized carbons (Fsp3) is 0.333. The van der Waals surface area contributed by atoms with Gasteiger partial charge >= 0.3 is 0 Å². The molecule has 4 rings (SSSR count). The van der Waals surface area contributed by atoms with Gasteiger partial charge in [0, 0.05) is 57.9 Å². The number of aliphatic imine (C=N–C) groups is 1. The molecule has 1 saturated heterocycles. The van der Waals surface area contributed by atoms with Gasteiger partial charge in [-0.05, 0) is 11.6 Å². The minimum atomic E-state index is 0.